The first-order valence-corrected chi connectivity index (χ1v) is 11.0. The standard InChI is InChI=1S/C25H31N3O3/c1-3-25(2,24(31)27-20-14-10-11-15-20)28(21-16-8-5-9-17-21)22(29)18-26-23(30)19-12-6-4-7-13-19/h4-9,12-13,16-17,20H,3,10-11,14-15,18H2,1-2H3,(H,26,30)(H,27,31)/t25-/m0/s1. The van der Waals surface area contributed by atoms with E-state index in [9.17, 15) is 14.4 Å². The van der Waals surface area contributed by atoms with E-state index in [-0.39, 0.29) is 30.3 Å². The monoisotopic (exact) mass is 421 g/mol. The number of nitrogens with one attached hydrogen (secondary N) is 2. The molecule has 0 radical (unpaired) electrons. The maximum absolute atomic E-state index is 13.4. The summed E-state index contributed by atoms with van der Waals surface area (Å²) < 4.78 is 0. The number of rotatable bonds is 8. The molecule has 2 N–H and O–H groups in total. The molecule has 6 nitrogen and oxygen atoms in total. The molecule has 0 heterocycles. The fourth-order valence-corrected chi connectivity index (χ4v) is 4.04. The average Bonchev–Trinajstić information content (AvgIpc) is 3.31. The zero-order chi connectivity index (χ0) is 22.3. The van der Waals surface area contributed by atoms with Gasteiger partial charge in [0, 0.05) is 17.3 Å². The topological polar surface area (TPSA) is 78.5 Å². The van der Waals surface area contributed by atoms with Crippen LogP contribution in [0.15, 0.2) is 60.7 Å². The van der Waals surface area contributed by atoms with Crippen LogP contribution in [0.2, 0.25) is 0 Å². The summed E-state index contributed by atoms with van der Waals surface area (Å²) >= 11 is 0. The molecule has 0 saturated heterocycles. The van der Waals surface area contributed by atoms with E-state index in [1.54, 1.807) is 31.2 Å². The van der Waals surface area contributed by atoms with Gasteiger partial charge >= 0.3 is 0 Å². The normalized spacial score (nSPS) is 15.7. The van der Waals surface area contributed by atoms with E-state index in [2.05, 4.69) is 10.6 Å². The summed E-state index contributed by atoms with van der Waals surface area (Å²) in [5, 5.41) is 5.84. The number of anilines is 1. The van der Waals surface area contributed by atoms with Crippen molar-refractivity contribution in [1.82, 2.24) is 10.6 Å². The molecule has 31 heavy (non-hydrogen) atoms. The molecule has 0 aliphatic heterocycles. The summed E-state index contributed by atoms with van der Waals surface area (Å²) in [6.45, 7) is 3.50. The van der Waals surface area contributed by atoms with E-state index >= 15 is 0 Å². The van der Waals surface area contributed by atoms with Gasteiger partial charge in [0.1, 0.15) is 5.54 Å². The van der Waals surface area contributed by atoms with Gasteiger partial charge in [0.25, 0.3) is 5.91 Å². The molecule has 0 bridgehead atoms. The highest BCUT2D eigenvalue weighted by atomic mass is 16.2. The molecule has 164 valence electrons. The van der Waals surface area contributed by atoms with E-state index < -0.39 is 5.54 Å². The Hall–Kier alpha value is -3.15. The third kappa shape index (κ3) is 5.32. The minimum atomic E-state index is -1.07. The SMILES string of the molecule is CC[C@@](C)(C(=O)NC1CCCC1)N(C(=O)CNC(=O)c1ccccc1)c1ccccc1. The smallest absolute Gasteiger partial charge is 0.251 e. The summed E-state index contributed by atoms with van der Waals surface area (Å²) in [6.07, 6.45) is 4.61. The number of amides is 3. The molecular weight excluding hydrogens is 390 g/mol. The predicted octanol–water partition coefficient (Wildman–Crippen LogP) is 3.68. The van der Waals surface area contributed by atoms with Gasteiger partial charge in [-0.15, -0.1) is 0 Å². The van der Waals surface area contributed by atoms with Crippen LogP contribution in [-0.4, -0.2) is 35.8 Å². The second kappa shape index (κ2) is 10.2. The molecule has 2 aromatic carbocycles. The van der Waals surface area contributed by atoms with Gasteiger partial charge in [0.15, 0.2) is 0 Å². The van der Waals surface area contributed by atoms with Gasteiger partial charge < -0.3 is 10.6 Å². The third-order valence-electron chi connectivity index (χ3n) is 6.06. The molecule has 2 aromatic rings. The van der Waals surface area contributed by atoms with Crippen molar-refractivity contribution < 1.29 is 14.4 Å². The van der Waals surface area contributed by atoms with Gasteiger partial charge in [-0.25, -0.2) is 0 Å². The zero-order valence-corrected chi connectivity index (χ0v) is 18.3. The average molecular weight is 422 g/mol. The summed E-state index contributed by atoms with van der Waals surface area (Å²) in [5.74, 6) is -0.814. The molecule has 1 aliphatic rings. The van der Waals surface area contributed by atoms with E-state index in [0.29, 0.717) is 17.7 Å². The second-order valence-electron chi connectivity index (χ2n) is 8.20. The highest BCUT2D eigenvalue weighted by molar-refractivity contribution is 6.06. The largest absolute Gasteiger partial charge is 0.351 e. The minimum absolute atomic E-state index is 0.156. The Bertz CT molecular complexity index is 895. The molecule has 1 saturated carbocycles. The van der Waals surface area contributed by atoms with Crippen molar-refractivity contribution in [2.75, 3.05) is 11.4 Å². The summed E-state index contributed by atoms with van der Waals surface area (Å²) in [5.41, 5.74) is 0.0459. The Morgan fingerprint density at radius 1 is 0.968 bits per heavy atom. The van der Waals surface area contributed by atoms with Crippen LogP contribution in [0, 0.1) is 0 Å². The Morgan fingerprint density at radius 3 is 2.13 bits per heavy atom. The molecule has 0 unspecified atom stereocenters. The molecule has 6 heteroatoms. The first-order valence-electron chi connectivity index (χ1n) is 11.0. The van der Waals surface area contributed by atoms with Gasteiger partial charge in [0.2, 0.25) is 11.8 Å². The van der Waals surface area contributed by atoms with Crippen LogP contribution >= 0.6 is 0 Å². The molecule has 0 aromatic heterocycles. The van der Waals surface area contributed by atoms with Crippen LogP contribution in [-0.2, 0) is 9.59 Å². The Balaban J connectivity index is 1.81. The number of para-hydroxylation sites is 1. The number of hydrogen-bond acceptors (Lipinski definition) is 3. The maximum atomic E-state index is 13.4. The zero-order valence-electron chi connectivity index (χ0n) is 18.3. The third-order valence-corrected chi connectivity index (χ3v) is 6.06. The van der Waals surface area contributed by atoms with Gasteiger partial charge in [-0.1, -0.05) is 56.2 Å². The maximum Gasteiger partial charge on any atom is 0.251 e. The fraction of sp³-hybridized carbons (Fsp3) is 0.400. The van der Waals surface area contributed by atoms with E-state index in [1.807, 2.05) is 43.3 Å². The highest BCUT2D eigenvalue weighted by Gasteiger charge is 2.42. The Morgan fingerprint density at radius 2 is 1.55 bits per heavy atom. The first kappa shape index (κ1) is 22.5. The minimum Gasteiger partial charge on any atom is -0.351 e. The van der Waals surface area contributed by atoms with Gasteiger partial charge in [-0.2, -0.15) is 0 Å². The van der Waals surface area contributed by atoms with Crippen LogP contribution in [0.3, 0.4) is 0 Å². The van der Waals surface area contributed by atoms with Crippen molar-refractivity contribution in [3.05, 3.63) is 66.2 Å². The van der Waals surface area contributed by atoms with Gasteiger partial charge in [-0.3, -0.25) is 19.3 Å². The van der Waals surface area contributed by atoms with Crippen molar-refractivity contribution in [1.29, 1.82) is 0 Å². The molecular formula is C25H31N3O3. The van der Waals surface area contributed by atoms with Crippen LogP contribution in [0.5, 0.6) is 0 Å². The van der Waals surface area contributed by atoms with Crippen LogP contribution < -0.4 is 15.5 Å². The second-order valence-corrected chi connectivity index (χ2v) is 8.20. The van der Waals surface area contributed by atoms with Crippen molar-refractivity contribution in [2.45, 2.75) is 57.5 Å². The quantitative estimate of drug-likeness (QED) is 0.683. The number of nitrogens with zero attached hydrogens (tertiary/aromatic N) is 1. The molecule has 3 amide bonds. The predicted molar refractivity (Wildman–Crippen MR) is 122 cm³/mol. The van der Waals surface area contributed by atoms with Crippen molar-refractivity contribution in [2.24, 2.45) is 0 Å². The van der Waals surface area contributed by atoms with Crippen molar-refractivity contribution >= 4 is 23.4 Å². The van der Waals surface area contributed by atoms with Gasteiger partial charge in [-0.05, 0) is 50.5 Å². The molecule has 3 rings (SSSR count). The lowest BCUT2D eigenvalue weighted by atomic mass is 9.93. The lowest BCUT2D eigenvalue weighted by Crippen LogP contribution is -2.61. The number of benzene rings is 2. The molecule has 0 spiro atoms. The highest BCUT2D eigenvalue weighted by Crippen LogP contribution is 2.29. The van der Waals surface area contributed by atoms with E-state index in [4.69, 9.17) is 0 Å². The first-order chi connectivity index (χ1) is 15.0. The van der Waals surface area contributed by atoms with Crippen molar-refractivity contribution in [3.8, 4) is 0 Å². The summed E-state index contributed by atoms with van der Waals surface area (Å²) in [7, 11) is 0. The van der Waals surface area contributed by atoms with Crippen molar-refractivity contribution in [3.63, 3.8) is 0 Å². The molecule has 1 atom stereocenters. The Kier molecular flexibility index (Phi) is 7.45. The fourth-order valence-electron chi connectivity index (χ4n) is 4.04. The van der Waals surface area contributed by atoms with Crippen LogP contribution in [0.25, 0.3) is 0 Å². The van der Waals surface area contributed by atoms with Gasteiger partial charge in [0.05, 0.1) is 6.54 Å². The molecule has 1 fully saturated rings. The lowest BCUT2D eigenvalue weighted by Gasteiger charge is -2.40. The van der Waals surface area contributed by atoms with Crippen LogP contribution in [0.4, 0.5) is 5.69 Å². The number of hydrogen-bond donors (Lipinski definition) is 2. The summed E-state index contributed by atoms with van der Waals surface area (Å²) in [4.78, 5) is 40.7. The lowest BCUT2D eigenvalue weighted by molar-refractivity contribution is -0.130. The molecule has 1 aliphatic carbocycles. The number of carbonyl (C=O) groups excluding carboxylic acids is 3. The summed E-state index contributed by atoms with van der Waals surface area (Å²) in [6, 6.07) is 18.1. The van der Waals surface area contributed by atoms with Crippen LogP contribution in [0.1, 0.15) is 56.3 Å². The number of carbonyl (C=O) groups is 3. The van der Waals surface area contributed by atoms with E-state index in [1.165, 1.54) is 4.90 Å². The van der Waals surface area contributed by atoms with E-state index in [0.717, 1.165) is 25.7 Å². The Labute approximate surface area is 184 Å².